The Morgan fingerprint density at radius 3 is 2.41 bits per heavy atom. The van der Waals surface area contributed by atoms with E-state index in [0.717, 1.165) is 11.3 Å². The lowest BCUT2D eigenvalue weighted by Crippen LogP contribution is -2.35. The molecule has 0 aromatic heterocycles. The molecule has 0 heterocycles. The first kappa shape index (κ1) is 20.6. The van der Waals surface area contributed by atoms with E-state index in [-0.39, 0.29) is 30.0 Å². The molecule has 0 radical (unpaired) electrons. The molecule has 2 rings (SSSR count). The van der Waals surface area contributed by atoms with Gasteiger partial charge in [0.1, 0.15) is 5.82 Å². The summed E-state index contributed by atoms with van der Waals surface area (Å²) in [6.45, 7) is 6.33. The molecule has 0 fully saturated rings. The standard InChI is InChI=1S/C22H27FN2O2/c1-16(2)19-9-5-7-11-21(19)25(17(3)26)15-13-22(27)24-14-12-18-8-4-6-10-20(18)23/h4-11,16H,12-15H2,1-3H3,(H,24,27). The van der Waals surface area contributed by atoms with E-state index in [1.54, 1.807) is 23.1 Å². The predicted molar refractivity (Wildman–Crippen MR) is 106 cm³/mol. The van der Waals surface area contributed by atoms with Gasteiger partial charge in [0.2, 0.25) is 11.8 Å². The number of amides is 2. The number of para-hydroxylation sites is 1. The number of nitrogens with zero attached hydrogens (tertiary/aromatic N) is 1. The topological polar surface area (TPSA) is 49.4 Å². The van der Waals surface area contributed by atoms with Gasteiger partial charge in [0, 0.05) is 32.1 Å². The van der Waals surface area contributed by atoms with Crippen molar-refractivity contribution in [2.45, 2.75) is 39.5 Å². The summed E-state index contributed by atoms with van der Waals surface area (Å²) >= 11 is 0. The van der Waals surface area contributed by atoms with Gasteiger partial charge in [-0.05, 0) is 35.6 Å². The first-order chi connectivity index (χ1) is 12.9. The van der Waals surface area contributed by atoms with Crippen LogP contribution in [0.3, 0.4) is 0 Å². The van der Waals surface area contributed by atoms with Crippen LogP contribution in [0.2, 0.25) is 0 Å². The number of carbonyl (C=O) groups excluding carboxylic acids is 2. The van der Waals surface area contributed by atoms with Crippen molar-refractivity contribution in [3.8, 4) is 0 Å². The minimum Gasteiger partial charge on any atom is -0.356 e. The van der Waals surface area contributed by atoms with E-state index in [9.17, 15) is 14.0 Å². The Morgan fingerprint density at radius 1 is 1.07 bits per heavy atom. The highest BCUT2D eigenvalue weighted by molar-refractivity contribution is 5.93. The van der Waals surface area contributed by atoms with Crippen LogP contribution >= 0.6 is 0 Å². The van der Waals surface area contributed by atoms with Crippen LogP contribution in [0, 0.1) is 5.82 Å². The van der Waals surface area contributed by atoms with Crippen LogP contribution < -0.4 is 10.2 Å². The number of hydrogen-bond acceptors (Lipinski definition) is 2. The smallest absolute Gasteiger partial charge is 0.223 e. The monoisotopic (exact) mass is 370 g/mol. The van der Waals surface area contributed by atoms with E-state index in [2.05, 4.69) is 19.2 Å². The van der Waals surface area contributed by atoms with E-state index < -0.39 is 0 Å². The van der Waals surface area contributed by atoms with Crippen molar-refractivity contribution in [2.75, 3.05) is 18.0 Å². The van der Waals surface area contributed by atoms with E-state index in [1.807, 2.05) is 24.3 Å². The van der Waals surface area contributed by atoms with Crippen LogP contribution in [0.4, 0.5) is 10.1 Å². The molecule has 0 bridgehead atoms. The molecule has 0 atom stereocenters. The minimum absolute atomic E-state index is 0.0951. The summed E-state index contributed by atoms with van der Waals surface area (Å²) in [4.78, 5) is 25.9. The highest BCUT2D eigenvalue weighted by Crippen LogP contribution is 2.27. The van der Waals surface area contributed by atoms with E-state index >= 15 is 0 Å². The molecular weight excluding hydrogens is 343 g/mol. The number of rotatable bonds is 8. The molecule has 0 saturated carbocycles. The zero-order valence-corrected chi connectivity index (χ0v) is 16.2. The molecule has 0 saturated heterocycles. The first-order valence-electron chi connectivity index (χ1n) is 9.27. The molecule has 0 aliphatic rings. The Kier molecular flexibility index (Phi) is 7.53. The van der Waals surface area contributed by atoms with Gasteiger partial charge >= 0.3 is 0 Å². The molecule has 0 spiro atoms. The lowest BCUT2D eigenvalue weighted by Gasteiger charge is -2.25. The zero-order chi connectivity index (χ0) is 19.8. The molecule has 144 valence electrons. The second-order valence-corrected chi connectivity index (χ2v) is 6.83. The molecule has 0 aliphatic carbocycles. The number of nitrogens with one attached hydrogen (secondary N) is 1. The molecule has 2 amide bonds. The minimum atomic E-state index is -0.264. The average molecular weight is 370 g/mol. The van der Waals surface area contributed by atoms with Crippen molar-refractivity contribution < 1.29 is 14.0 Å². The maximum absolute atomic E-state index is 13.6. The summed E-state index contributed by atoms with van der Waals surface area (Å²) < 4.78 is 13.6. The van der Waals surface area contributed by atoms with Crippen LogP contribution in [0.25, 0.3) is 0 Å². The zero-order valence-electron chi connectivity index (χ0n) is 16.2. The van der Waals surface area contributed by atoms with Gasteiger partial charge in [0.05, 0.1) is 0 Å². The molecule has 4 nitrogen and oxygen atoms in total. The summed E-state index contributed by atoms with van der Waals surface area (Å²) in [5.41, 5.74) is 2.50. The Hall–Kier alpha value is -2.69. The third kappa shape index (κ3) is 5.91. The first-order valence-corrected chi connectivity index (χ1v) is 9.27. The van der Waals surface area contributed by atoms with Crippen LogP contribution in [-0.2, 0) is 16.0 Å². The molecule has 1 N–H and O–H groups in total. The fraction of sp³-hybridized carbons (Fsp3) is 0.364. The third-order valence-electron chi connectivity index (χ3n) is 4.47. The van der Waals surface area contributed by atoms with Gasteiger partial charge in [0.15, 0.2) is 0 Å². The Morgan fingerprint density at radius 2 is 1.74 bits per heavy atom. The van der Waals surface area contributed by atoms with Gasteiger partial charge in [-0.3, -0.25) is 9.59 Å². The van der Waals surface area contributed by atoms with E-state index in [4.69, 9.17) is 0 Å². The molecular formula is C22H27FN2O2. The summed E-state index contributed by atoms with van der Waals surface area (Å²) in [6, 6.07) is 14.3. The van der Waals surface area contributed by atoms with E-state index in [0.29, 0.717) is 25.1 Å². The summed E-state index contributed by atoms with van der Waals surface area (Å²) in [6.07, 6.45) is 0.633. The lowest BCUT2D eigenvalue weighted by atomic mass is 10.0. The van der Waals surface area contributed by atoms with Crippen molar-refractivity contribution in [1.29, 1.82) is 0 Å². The van der Waals surface area contributed by atoms with Crippen LogP contribution in [0.5, 0.6) is 0 Å². The maximum Gasteiger partial charge on any atom is 0.223 e. The SMILES string of the molecule is CC(=O)N(CCC(=O)NCCc1ccccc1F)c1ccccc1C(C)C. The van der Waals surface area contributed by atoms with Crippen LogP contribution in [0.1, 0.15) is 44.2 Å². The van der Waals surface area contributed by atoms with Crippen molar-refractivity contribution in [1.82, 2.24) is 5.32 Å². The quantitative estimate of drug-likeness (QED) is 0.762. The number of halogens is 1. The Labute approximate surface area is 160 Å². The largest absolute Gasteiger partial charge is 0.356 e. The van der Waals surface area contributed by atoms with Crippen LogP contribution in [-0.4, -0.2) is 24.9 Å². The molecule has 2 aromatic rings. The van der Waals surface area contributed by atoms with Gasteiger partial charge in [0.25, 0.3) is 0 Å². The summed E-state index contributed by atoms with van der Waals surface area (Å²) in [5, 5.41) is 2.80. The van der Waals surface area contributed by atoms with Gasteiger partial charge in [-0.15, -0.1) is 0 Å². The number of hydrogen-bond donors (Lipinski definition) is 1. The second kappa shape index (κ2) is 9.86. The molecule has 27 heavy (non-hydrogen) atoms. The molecule has 2 aromatic carbocycles. The normalized spacial score (nSPS) is 10.7. The molecule has 0 aliphatic heterocycles. The fourth-order valence-electron chi connectivity index (χ4n) is 3.01. The highest BCUT2D eigenvalue weighted by Gasteiger charge is 2.17. The molecule has 0 unspecified atom stereocenters. The van der Waals surface area contributed by atoms with Crippen molar-refractivity contribution in [3.05, 3.63) is 65.5 Å². The molecule has 5 heteroatoms. The predicted octanol–water partition coefficient (Wildman–Crippen LogP) is 4.05. The van der Waals surface area contributed by atoms with Gasteiger partial charge in [-0.2, -0.15) is 0 Å². The number of benzene rings is 2. The highest BCUT2D eigenvalue weighted by atomic mass is 19.1. The number of carbonyl (C=O) groups is 2. The van der Waals surface area contributed by atoms with Gasteiger partial charge in [-0.1, -0.05) is 50.2 Å². The number of anilines is 1. The second-order valence-electron chi connectivity index (χ2n) is 6.83. The van der Waals surface area contributed by atoms with Crippen LogP contribution in [0.15, 0.2) is 48.5 Å². The lowest BCUT2D eigenvalue weighted by molar-refractivity contribution is -0.121. The third-order valence-corrected chi connectivity index (χ3v) is 4.47. The maximum atomic E-state index is 13.6. The van der Waals surface area contributed by atoms with Crippen molar-refractivity contribution in [3.63, 3.8) is 0 Å². The summed E-state index contributed by atoms with van der Waals surface area (Å²) in [5.74, 6) is -0.237. The Balaban J connectivity index is 1.91. The van der Waals surface area contributed by atoms with Crippen molar-refractivity contribution in [2.24, 2.45) is 0 Å². The van der Waals surface area contributed by atoms with E-state index in [1.165, 1.54) is 13.0 Å². The summed E-state index contributed by atoms with van der Waals surface area (Å²) in [7, 11) is 0. The van der Waals surface area contributed by atoms with Gasteiger partial charge < -0.3 is 10.2 Å². The Bertz CT molecular complexity index is 789. The van der Waals surface area contributed by atoms with Gasteiger partial charge in [-0.25, -0.2) is 4.39 Å². The fourth-order valence-corrected chi connectivity index (χ4v) is 3.01. The van der Waals surface area contributed by atoms with Crippen molar-refractivity contribution >= 4 is 17.5 Å². The average Bonchev–Trinajstić information content (AvgIpc) is 2.63.